The third-order valence-electron chi connectivity index (χ3n) is 2.94. The van der Waals surface area contributed by atoms with Crippen molar-refractivity contribution in [2.24, 2.45) is 0 Å². The summed E-state index contributed by atoms with van der Waals surface area (Å²) in [5.74, 6) is 2.02. The van der Waals surface area contributed by atoms with E-state index in [2.05, 4.69) is 50.7 Å². The fraction of sp³-hybridized carbons (Fsp3) is 0.429. The number of rotatable bonds is 6. The molecule has 104 valence electrons. The van der Waals surface area contributed by atoms with E-state index in [0.29, 0.717) is 0 Å². The lowest BCUT2D eigenvalue weighted by atomic mass is 10.2. The van der Waals surface area contributed by atoms with E-state index in [4.69, 9.17) is 4.42 Å². The van der Waals surface area contributed by atoms with Crippen molar-refractivity contribution in [3.8, 4) is 0 Å². The molecule has 0 bridgehead atoms. The highest BCUT2D eigenvalue weighted by Crippen LogP contribution is 2.22. The maximum absolute atomic E-state index is 5.72. The second-order valence-corrected chi connectivity index (χ2v) is 7.05. The zero-order valence-electron chi connectivity index (χ0n) is 11.5. The fourth-order valence-corrected chi connectivity index (χ4v) is 3.29. The molecule has 0 saturated heterocycles. The summed E-state index contributed by atoms with van der Waals surface area (Å²) < 4.78 is 6.90. The van der Waals surface area contributed by atoms with Gasteiger partial charge in [0.05, 0.1) is 10.3 Å². The number of aryl methyl sites for hydroxylation is 1. The molecule has 2 aromatic rings. The predicted octanol–water partition coefficient (Wildman–Crippen LogP) is 3.76. The molecule has 5 heteroatoms. The Kier molecular flexibility index (Phi) is 5.21. The van der Waals surface area contributed by atoms with Crippen molar-refractivity contribution < 1.29 is 4.42 Å². The van der Waals surface area contributed by atoms with E-state index in [0.717, 1.165) is 31.2 Å². The number of hydrogen-bond acceptors (Lipinski definition) is 4. The number of thiophene rings is 1. The molecule has 19 heavy (non-hydrogen) atoms. The highest BCUT2D eigenvalue weighted by molar-refractivity contribution is 9.11. The van der Waals surface area contributed by atoms with Gasteiger partial charge in [0.2, 0.25) is 0 Å². The van der Waals surface area contributed by atoms with Crippen LogP contribution in [0.2, 0.25) is 0 Å². The van der Waals surface area contributed by atoms with E-state index in [9.17, 15) is 0 Å². The predicted molar refractivity (Wildman–Crippen MR) is 83.4 cm³/mol. The number of nitrogens with zero attached hydrogens (tertiary/aromatic N) is 1. The van der Waals surface area contributed by atoms with Gasteiger partial charge in [-0.25, -0.2) is 0 Å². The molecule has 0 aliphatic carbocycles. The van der Waals surface area contributed by atoms with Crippen molar-refractivity contribution in [1.82, 2.24) is 10.2 Å². The van der Waals surface area contributed by atoms with Crippen LogP contribution in [0.25, 0.3) is 0 Å². The lowest BCUT2D eigenvalue weighted by molar-refractivity contribution is 0.316. The summed E-state index contributed by atoms with van der Waals surface area (Å²) in [7, 11) is 4.06. The van der Waals surface area contributed by atoms with E-state index in [1.807, 2.05) is 14.0 Å². The molecule has 0 spiro atoms. The van der Waals surface area contributed by atoms with Gasteiger partial charge in [-0.2, -0.15) is 0 Å². The first-order valence-corrected chi connectivity index (χ1v) is 7.90. The Bertz CT molecular complexity index is 535. The van der Waals surface area contributed by atoms with Crippen LogP contribution in [0.1, 0.15) is 22.6 Å². The molecule has 0 aliphatic rings. The van der Waals surface area contributed by atoms with Crippen LogP contribution in [0.4, 0.5) is 0 Å². The second-order valence-electron chi connectivity index (χ2n) is 4.76. The van der Waals surface area contributed by atoms with Gasteiger partial charge in [-0.05, 0) is 60.0 Å². The van der Waals surface area contributed by atoms with E-state index in [-0.39, 0.29) is 0 Å². The van der Waals surface area contributed by atoms with E-state index >= 15 is 0 Å². The number of halogens is 1. The summed E-state index contributed by atoms with van der Waals surface area (Å²) in [5, 5.41) is 5.30. The zero-order chi connectivity index (χ0) is 13.8. The summed E-state index contributed by atoms with van der Waals surface area (Å²) in [6.45, 7) is 4.67. The maximum Gasteiger partial charge on any atom is 0.118 e. The van der Waals surface area contributed by atoms with Crippen molar-refractivity contribution >= 4 is 27.3 Å². The average molecular weight is 343 g/mol. The smallest absolute Gasteiger partial charge is 0.118 e. The second kappa shape index (κ2) is 6.70. The van der Waals surface area contributed by atoms with Gasteiger partial charge in [-0.15, -0.1) is 11.3 Å². The van der Waals surface area contributed by atoms with Crippen LogP contribution >= 0.6 is 27.3 Å². The van der Waals surface area contributed by atoms with Crippen molar-refractivity contribution in [3.63, 3.8) is 0 Å². The van der Waals surface area contributed by atoms with Crippen LogP contribution in [-0.2, 0) is 19.6 Å². The molecule has 2 aromatic heterocycles. The van der Waals surface area contributed by atoms with Crippen LogP contribution in [0.15, 0.2) is 25.7 Å². The Morgan fingerprint density at radius 2 is 2.16 bits per heavy atom. The van der Waals surface area contributed by atoms with Crippen molar-refractivity contribution in [2.45, 2.75) is 26.6 Å². The van der Waals surface area contributed by atoms with E-state index < -0.39 is 0 Å². The normalized spacial score (nSPS) is 11.4. The van der Waals surface area contributed by atoms with Gasteiger partial charge in [0, 0.05) is 18.7 Å². The van der Waals surface area contributed by atoms with Gasteiger partial charge < -0.3 is 9.73 Å². The lowest BCUT2D eigenvalue weighted by Crippen LogP contribution is -2.16. The molecule has 2 heterocycles. The zero-order valence-corrected chi connectivity index (χ0v) is 13.9. The Hall–Kier alpha value is -0.620. The summed E-state index contributed by atoms with van der Waals surface area (Å²) in [6, 6.07) is 4.32. The van der Waals surface area contributed by atoms with Gasteiger partial charge in [-0.1, -0.05) is 0 Å². The molecule has 0 aromatic carbocycles. The lowest BCUT2D eigenvalue weighted by Gasteiger charge is -2.15. The van der Waals surface area contributed by atoms with Gasteiger partial charge in [-0.3, -0.25) is 4.90 Å². The van der Waals surface area contributed by atoms with Crippen LogP contribution in [0.5, 0.6) is 0 Å². The molecule has 0 saturated carbocycles. The Labute approximate surface area is 126 Å². The molecule has 0 unspecified atom stereocenters. The molecule has 1 N–H and O–H groups in total. The molecule has 2 rings (SSSR count). The minimum absolute atomic E-state index is 0.780. The molecular formula is C14H19BrN2OS. The van der Waals surface area contributed by atoms with E-state index in [1.54, 1.807) is 11.3 Å². The highest BCUT2D eigenvalue weighted by Gasteiger charge is 2.10. The molecular weight excluding hydrogens is 324 g/mol. The number of hydrogen-bond donors (Lipinski definition) is 1. The SMILES string of the molecule is CNCc1cc(CN(C)Cc2csc(Br)c2)c(C)o1. The molecule has 0 amide bonds. The largest absolute Gasteiger partial charge is 0.465 e. The first-order chi connectivity index (χ1) is 9.08. The Morgan fingerprint density at radius 3 is 2.79 bits per heavy atom. The topological polar surface area (TPSA) is 28.4 Å². The minimum Gasteiger partial charge on any atom is -0.465 e. The van der Waals surface area contributed by atoms with Crippen LogP contribution in [0.3, 0.4) is 0 Å². The highest BCUT2D eigenvalue weighted by atomic mass is 79.9. The van der Waals surface area contributed by atoms with Crippen LogP contribution < -0.4 is 5.32 Å². The molecule has 0 radical (unpaired) electrons. The summed E-state index contributed by atoms with van der Waals surface area (Å²) in [4.78, 5) is 2.30. The minimum atomic E-state index is 0.780. The molecule has 0 aliphatic heterocycles. The average Bonchev–Trinajstić information content (AvgIpc) is 2.87. The molecule has 0 fully saturated rings. The van der Waals surface area contributed by atoms with Crippen LogP contribution in [-0.4, -0.2) is 19.0 Å². The summed E-state index contributed by atoms with van der Waals surface area (Å²) >= 11 is 5.23. The quantitative estimate of drug-likeness (QED) is 0.866. The molecule has 3 nitrogen and oxygen atoms in total. The summed E-state index contributed by atoms with van der Waals surface area (Å²) in [6.07, 6.45) is 0. The third kappa shape index (κ3) is 4.18. The fourth-order valence-electron chi connectivity index (χ4n) is 2.09. The monoisotopic (exact) mass is 342 g/mol. The van der Waals surface area contributed by atoms with Crippen LogP contribution in [0, 0.1) is 6.92 Å². The first kappa shape index (κ1) is 14.8. The van der Waals surface area contributed by atoms with Crippen molar-refractivity contribution in [2.75, 3.05) is 14.1 Å². The van der Waals surface area contributed by atoms with Gasteiger partial charge in [0.1, 0.15) is 11.5 Å². The van der Waals surface area contributed by atoms with Crippen molar-refractivity contribution in [1.29, 1.82) is 0 Å². The van der Waals surface area contributed by atoms with Gasteiger partial charge in [0.25, 0.3) is 0 Å². The Balaban J connectivity index is 1.96. The first-order valence-electron chi connectivity index (χ1n) is 6.22. The number of furan rings is 1. The Morgan fingerprint density at radius 1 is 1.37 bits per heavy atom. The number of nitrogens with one attached hydrogen (secondary N) is 1. The van der Waals surface area contributed by atoms with Crippen molar-refractivity contribution in [3.05, 3.63) is 43.9 Å². The molecule has 0 atom stereocenters. The standard InChI is InChI=1S/C14H19BrN2OS/c1-10-12(5-13(18-10)6-16-2)8-17(3)7-11-4-14(15)19-9-11/h4-5,9,16H,6-8H2,1-3H3. The van der Waals surface area contributed by atoms with Gasteiger partial charge >= 0.3 is 0 Å². The third-order valence-corrected chi connectivity index (χ3v) is 4.49. The van der Waals surface area contributed by atoms with Gasteiger partial charge in [0.15, 0.2) is 0 Å². The maximum atomic E-state index is 5.72. The van der Waals surface area contributed by atoms with E-state index in [1.165, 1.54) is 14.9 Å². The summed E-state index contributed by atoms with van der Waals surface area (Å²) in [5.41, 5.74) is 2.61.